The molecule has 23 heavy (non-hydrogen) atoms. The molecule has 0 bridgehead atoms. The summed E-state index contributed by atoms with van der Waals surface area (Å²) in [4.78, 5) is 8.44. The van der Waals surface area contributed by atoms with Crippen molar-refractivity contribution in [2.24, 2.45) is 0 Å². The number of hydrogen-bond acceptors (Lipinski definition) is 8. The molecule has 2 aromatic heterocycles. The van der Waals surface area contributed by atoms with Gasteiger partial charge in [-0.2, -0.15) is 10.2 Å². The zero-order chi connectivity index (χ0) is 16.7. The van der Waals surface area contributed by atoms with Crippen molar-refractivity contribution < 1.29 is 24.8 Å². The number of nitrogens with zero attached hydrogens (tertiary/aromatic N) is 4. The molecular formula is C14H16N4O5. The normalized spacial score (nSPS) is 27.3. The van der Waals surface area contributed by atoms with Crippen LogP contribution in [0.2, 0.25) is 0 Å². The highest BCUT2D eigenvalue weighted by Crippen LogP contribution is 2.35. The lowest BCUT2D eigenvalue weighted by Crippen LogP contribution is -2.33. The van der Waals surface area contributed by atoms with Crippen molar-refractivity contribution in [3.05, 3.63) is 17.6 Å². The Bertz CT molecular complexity index is 784. The third-order valence-corrected chi connectivity index (χ3v) is 3.86. The fourth-order valence-electron chi connectivity index (χ4n) is 2.76. The molecule has 9 heteroatoms. The second-order valence-corrected chi connectivity index (χ2v) is 5.27. The van der Waals surface area contributed by atoms with E-state index in [-0.39, 0.29) is 11.4 Å². The Labute approximate surface area is 131 Å². The van der Waals surface area contributed by atoms with Crippen LogP contribution in [0.4, 0.5) is 0 Å². The first-order valence-electron chi connectivity index (χ1n) is 6.97. The number of aromatic nitrogens is 3. The zero-order valence-corrected chi connectivity index (χ0v) is 12.5. The van der Waals surface area contributed by atoms with Gasteiger partial charge in [-0.05, 0) is 6.92 Å². The topological polar surface area (TPSA) is 134 Å². The minimum Gasteiger partial charge on any atom is -0.480 e. The molecule has 4 atom stereocenters. The Morgan fingerprint density at radius 1 is 1.39 bits per heavy atom. The van der Waals surface area contributed by atoms with Crippen molar-refractivity contribution in [3.63, 3.8) is 0 Å². The Morgan fingerprint density at radius 2 is 2.13 bits per heavy atom. The third-order valence-electron chi connectivity index (χ3n) is 3.86. The number of aliphatic hydroxyl groups is 3. The number of aryl methyl sites for hydroxylation is 1. The second-order valence-electron chi connectivity index (χ2n) is 5.27. The van der Waals surface area contributed by atoms with E-state index in [1.807, 2.05) is 6.07 Å². The van der Waals surface area contributed by atoms with Crippen molar-refractivity contribution in [2.45, 2.75) is 31.5 Å². The molecule has 1 fully saturated rings. The lowest BCUT2D eigenvalue weighted by Gasteiger charge is -2.17. The number of nitriles is 1. The van der Waals surface area contributed by atoms with Crippen LogP contribution in [0.15, 0.2) is 6.20 Å². The molecule has 0 aliphatic carbocycles. The molecule has 3 rings (SSSR count). The van der Waals surface area contributed by atoms with Crippen molar-refractivity contribution in [1.29, 1.82) is 5.26 Å². The highest BCUT2D eigenvalue weighted by Gasteiger charge is 2.44. The molecule has 0 saturated carbocycles. The van der Waals surface area contributed by atoms with E-state index in [4.69, 9.17) is 9.47 Å². The van der Waals surface area contributed by atoms with Crippen molar-refractivity contribution >= 4 is 11.0 Å². The van der Waals surface area contributed by atoms with Gasteiger partial charge in [-0.1, -0.05) is 0 Å². The first-order valence-corrected chi connectivity index (χ1v) is 6.97. The molecule has 3 N–H and O–H groups in total. The predicted octanol–water partition coefficient (Wildman–Crippen LogP) is -0.768. The number of aliphatic hydroxyl groups excluding tert-OH is 3. The summed E-state index contributed by atoms with van der Waals surface area (Å²) in [5.41, 5.74) is 0.607. The van der Waals surface area contributed by atoms with Gasteiger partial charge in [0.2, 0.25) is 5.88 Å². The first kappa shape index (κ1) is 15.6. The van der Waals surface area contributed by atoms with Gasteiger partial charge in [-0.3, -0.25) is 0 Å². The maximum absolute atomic E-state index is 10.2. The van der Waals surface area contributed by atoms with Crippen LogP contribution in [-0.2, 0) is 4.74 Å². The molecule has 1 aliphatic heterocycles. The van der Waals surface area contributed by atoms with Gasteiger partial charge in [0, 0.05) is 6.20 Å². The molecule has 9 nitrogen and oxygen atoms in total. The molecule has 0 radical (unpaired) electrons. The van der Waals surface area contributed by atoms with E-state index in [2.05, 4.69) is 9.97 Å². The van der Waals surface area contributed by atoms with Crippen LogP contribution in [0.25, 0.3) is 11.0 Å². The lowest BCUT2D eigenvalue weighted by atomic mass is 10.1. The highest BCUT2D eigenvalue weighted by molar-refractivity contribution is 5.88. The van der Waals surface area contributed by atoms with Gasteiger partial charge in [0.05, 0.1) is 24.7 Å². The second kappa shape index (κ2) is 5.75. The maximum atomic E-state index is 10.2. The monoisotopic (exact) mass is 320 g/mol. The number of methoxy groups -OCH3 is 1. The summed E-state index contributed by atoms with van der Waals surface area (Å²) in [7, 11) is 1.44. The number of rotatable bonds is 3. The van der Waals surface area contributed by atoms with Crippen LogP contribution in [0.3, 0.4) is 0 Å². The van der Waals surface area contributed by atoms with Gasteiger partial charge in [-0.25, -0.2) is 4.98 Å². The molecular weight excluding hydrogens is 304 g/mol. The molecule has 2 aromatic rings. The van der Waals surface area contributed by atoms with Gasteiger partial charge in [0.1, 0.15) is 30.2 Å². The highest BCUT2D eigenvalue weighted by atomic mass is 16.6. The summed E-state index contributed by atoms with van der Waals surface area (Å²) in [6.07, 6.45) is -2.94. The van der Waals surface area contributed by atoms with Crippen LogP contribution in [-0.4, -0.2) is 61.9 Å². The Hall–Kier alpha value is -2.25. The molecule has 0 aromatic carbocycles. The standard InChI is InChI=1S/C14H16N4O5/c1-6-16-12-9(13(17-6)22-2)7(3-15)4-18(12)14-11(21)10(20)8(5-19)23-14/h4,8,10-11,14,19-21H,5H2,1-2H3/t8-,10-,11-,14-/m1/s1. The van der Waals surface area contributed by atoms with Gasteiger partial charge in [0.15, 0.2) is 11.9 Å². The largest absolute Gasteiger partial charge is 0.480 e. The fourth-order valence-corrected chi connectivity index (χ4v) is 2.76. The van der Waals surface area contributed by atoms with E-state index >= 15 is 0 Å². The number of hydrogen-bond donors (Lipinski definition) is 3. The van der Waals surface area contributed by atoms with Crippen LogP contribution < -0.4 is 4.74 Å². The molecule has 0 spiro atoms. The Balaban J connectivity index is 2.20. The maximum Gasteiger partial charge on any atom is 0.227 e. The summed E-state index contributed by atoms with van der Waals surface area (Å²) >= 11 is 0. The van der Waals surface area contributed by atoms with E-state index < -0.39 is 31.1 Å². The van der Waals surface area contributed by atoms with Gasteiger partial charge >= 0.3 is 0 Å². The molecule has 0 unspecified atom stereocenters. The van der Waals surface area contributed by atoms with Crippen LogP contribution in [0.1, 0.15) is 17.6 Å². The van der Waals surface area contributed by atoms with Gasteiger partial charge < -0.3 is 29.4 Å². The van der Waals surface area contributed by atoms with E-state index in [9.17, 15) is 20.6 Å². The van der Waals surface area contributed by atoms with Crippen molar-refractivity contribution in [2.75, 3.05) is 13.7 Å². The molecule has 0 amide bonds. The zero-order valence-electron chi connectivity index (χ0n) is 12.5. The Morgan fingerprint density at radius 3 is 2.70 bits per heavy atom. The molecule has 122 valence electrons. The average Bonchev–Trinajstić information content (AvgIpc) is 3.05. The number of ether oxygens (including phenoxy) is 2. The minimum atomic E-state index is -1.27. The average molecular weight is 320 g/mol. The van der Waals surface area contributed by atoms with Crippen LogP contribution in [0.5, 0.6) is 5.88 Å². The minimum absolute atomic E-state index is 0.245. The first-order chi connectivity index (χ1) is 11.0. The van der Waals surface area contributed by atoms with E-state index in [0.717, 1.165) is 0 Å². The number of fused-ring (bicyclic) bond motifs is 1. The van der Waals surface area contributed by atoms with Gasteiger partial charge in [-0.15, -0.1) is 0 Å². The smallest absolute Gasteiger partial charge is 0.227 e. The van der Waals surface area contributed by atoms with E-state index in [0.29, 0.717) is 16.9 Å². The quantitative estimate of drug-likeness (QED) is 0.671. The summed E-state index contributed by atoms with van der Waals surface area (Å²) in [5, 5.41) is 39.0. The summed E-state index contributed by atoms with van der Waals surface area (Å²) in [6.45, 7) is 1.24. The van der Waals surface area contributed by atoms with Crippen molar-refractivity contribution in [3.8, 4) is 11.9 Å². The van der Waals surface area contributed by atoms with Crippen molar-refractivity contribution in [1.82, 2.24) is 14.5 Å². The predicted molar refractivity (Wildman–Crippen MR) is 76.5 cm³/mol. The fraction of sp³-hybridized carbons (Fsp3) is 0.500. The summed E-state index contributed by atoms with van der Waals surface area (Å²) < 4.78 is 12.2. The Kier molecular flexibility index (Phi) is 3.91. The summed E-state index contributed by atoms with van der Waals surface area (Å²) in [5.74, 6) is 0.666. The van der Waals surface area contributed by atoms with Crippen LogP contribution >= 0.6 is 0 Å². The molecule has 3 heterocycles. The van der Waals surface area contributed by atoms with Gasteiger partial charge in [0.25, 0.3) is 0 Å². The SMILES string of the molecule is COc1nc(C)nc2c1c(C#N)cn2[C@@H]1O[C@H](CO)[C@@H](O)[C@H]1O. The van der Waals surface area contributed by atoms with E-state index in [1.54, 1.807) is 6.92 Å². The molecule has 1 aliphatic rings. The third kappa shape index (κ3) is 2.32. The van der Waals surface area contributed by atoms with E-state index in [1.165, 1.54) is 17.9 Å². The van der Waals surface area contributed by atoms with Crippen LogP contribution in [0, 0.1) is 18.3 Å². The summed E-state index contributed by atoms with van der Waals surface area (Å²) in [6, 6.07) is 2.03. The lowest BCUT2D eigenvalue weighted by molar-refractivity contribution is -0.0508. The molecule has 1 saturated heterocycles.